The van der Waals surface area contributed by atoms with E-state index in [-0.39, 0.29) is 34.3 Å². The zero-order chi connectivity index (χ0) is 25.0. The monoisotopic (exact) mass is 479 g/mol. The summed E-state index contributed by atoms with van der Waals surface area (Å²) in [4.78, 5) is 23.1. The normalized spacial score (nSPS) is 12.0. The van der Waals surface area contributed by atoms with Crippen LogP contribution < -0.4 is 31.8 Å². The molecule has 2 aromatic carbocycles. The van der Waals surface area contributed by atoms with Crippen LogP contribution in [0, 0.1) is 4.91 Å². The number of nitroso groups, excluding NO2 is 1. The molecule has 0 fully saturated rings. The van der Waals surface area contributed by atoms with Gasteiger partial charge in [0.15, 0.2) is 9.84 Å². The van der Waals surface area contributed by atoms with Crippen LogP contribution in [0.5, 0.6) is 17.2 Å². The Morgan fingerprint density at radius 2 is 1.73 bits per heavy atom. The number of nitrogens with two attached hydrogens (primary N) is 2. The van der Waals surface area contributed by atoms with Crippen molar-refractivity contribution in [3.63, 3.8) is 0 Å². The predicted octanol–water partition coefficient (Wildman–Crippen LogP) is 2.39. The second-order valence-corrected chi connectivity index (χ2v) is 8.52. The molecule has 0 radical (unpaired) electrons. The number of hydrogen-bond donors (Lipinski definition) is 4. The smallest absolute Gasteiger partial charge is 0.257 e. The van der Waals surface area contributed by atoms with Crippen molar-refractivity contribution in [2.24, 2.45) is 16.8 Å². The topological polar surface area (TPSA) is 175 Å². The van der Waals surface area contributed by atoms with Crippen molar-refractivity contribution < 1.29 is 22.7 Å². The molecule has 0 aliphatic carbocycles. The number of ether oxygens (including phenoxy) is 2. The lowest BCUT2D eigenvalue weighted by molar-refractivity contribution is 0.0964. The van der Waals surface area contributed by atoms with Crippen LogP contribution in [0.15, 0.2) is 64.6 Å². The van der Waals surface area contributed by atoms with E-state index in [4.69, 9.17) is 21.1 Å². The summed E-state index contributed by atoms with van der Waals surface area (Å²) in [6, 6.07) is 10.2. The lowest BCUT2D eigenvalue weighted by Crippen LogP contribution is -2.30. The van der Waals surface area contributed by atoms with Gasteiger partial charge < -0.3 is 25.9 Å². The summed E-state index contributed by atoms with van der Waals surface area (Å²) >= 11 is 0. The number of amides is 1. The number of nitrogens with one attached hydrogen (secondary N) is 2. The fraction of sp³-hybridized carbons (Fsp3) is 0.286. The maximum Gasteiger partial charge on any atom is 0.257 e. The molecule has 1 unspecified atom stereocenters. The molecule has 0 spiro atoms. The standard InChI is InChI=1S/C19H23N5O6S.C2H6/c1-12(10-23-26)29-15-7-13(19(25)24-18(20)11-22-21)8-16(9-15)30-14-3-5-17(6-4-14)31(2,27)28;1-2/h3-9,11-12,22H,10,20-21H2,1-2H3,(H,24,25);1-2H3/b18-11+;. The van der Waals surface area contributed by atoms with Gasteiger partial charge >= 0.3 is 0 Å². The molecule has 33 heavy (non-hydrogen) atoms. The first-order valence-corrected chi connectivity index (χ1v) is 11.8. The molecule has 0 heterocycles. The Morgan fingerprint density at radius 3 is 2.27 bits per heavy atom. The fourth-order valence-corrected chi connectivity index (χ4v) is 3.05. The lowest BCUT2D eigenvalue weighted by Gasteiger charge is -2.15. The molecule has 0 bridgehead atoms. The van der Waals surface area contributed by atoms with Crippen LogP contribution in [0.2, 0.25) is 0 Å². The first kappa shape index (κ1) is 27.4. The predicted molar refractivity (Wildman–Crippen MR) is 125 cm³/mol. The molecule has 0 aromatic heterocycles. The average molecular weight is 480 g/mol. The number of rotatable bonds is 10. The van der Waals surface area contributed by atoms with Gasteiger partial charge in [0.05, 0.1) is 11.1 Å². The van der Waals surface area contributed by atoms with Gasteiger partial charge in [-0.05, 0) is 43.3 Å². The van der Waals surface area contributed by atoms with Gasteiger partial charge in [0.25, 0.3) is 5.91 Å². The number of benzene rings is 2. The lowest BCUT2D eigenvalue weighted by atomic mass is 10.2. The molecule has 1 amide bonds. The minimum atomic E-state index is -3.35. The second kappa shape index (κ2) is 13.0. The Labute approximate surface area is 193 Å². The third kappa shape index (κ3) is 9.17. The van der Waals surface area contributed by atoms with Crippen molar-refractivity contribution in [1.29, 1.82) is 0 Å². The quantitative estimate of drug-likeness (QED) is 0.226. The Kier molecular flexibility index (Phi) is 10.8. The van der Waals surface area contributed by atoms with E-state index in [1.807, 2.05) is 13.8 Å². The third-order valence-electron chi connectivity index (χ3n) is 3.80. The van der Waals surface area contributed by atoms with Gasteiger partial charge in [0.1, 0.15) is 35.7 Å². The van der Waals surface area contributed by atoms with Crippen LogP contribution in [0.3, 0.4) is 0 Å². The molecule has 180 valence electrons. The van der Waals surface area contributed by atoms with Crippen molar-refractivity contribution >= 4 is 15.7 Å². The highest BCUT2D eigenvalue weighted by Crippen LogP contribution is 2.29. The molecule has 1 atom stereocenters. The maximum atomic E-state index is 12.5. The highest BCUT2D eigenvalue weighted by Gasteiger charge is 2.14. The summed E-state index contributed by atoms with van der Waals surface area (Å²) in [5.41, 5.74) is 7.97. The molecule has 2 aromatic rings. The zero-order valence-corrected chi connectivity index (χ0v) is 19.7. The molecule has 0 saturated carbocycles. The van der Waals surface area contributed by atoms with Crippen LogP contribution in [0.4, 0.5) is 0 Å². The number of nitrogens with zero attached hydrogens (tertiary/aromatic N) is 1. The van der Waals surface area contributed by atoms with Crippen molar-refractivity contribution in [1.82, 2.24) is 10.7 Å². The van der Waals surface area contributed by atoms with Gasteiger partial charge in [-0.2, -0.15) is 4.91 Å². The summed E-state index contributed by atoms with van der Waals surface area (Å²) in [5.74, 6) is 5.38. The SMILES string of the molecule is CC.CC(CN=O)Oc1cc(Oc2ccc(S(C)(=O)=O)cc2)cc(C(=O)N/C(N)=C/NN)c1. The molecule has 0 aliphatic rings. The molecule has 6 N–H and O–H groups in total. The van der Waals surface area contributed by atoms with E-state index in [1.165, 1.54) is 48.7 Å². The summed E-state index contributed by atoms with van der Waals surface area (Å²) in [6.45, 7) is 5.56. The Morgan fingerprint density at radius 1 is 1.12 bits per heavy atom. The molecule has 12 heteroatoms. The summed E-state index contributed by atoms with van der Waals surface area (Å²) in [7, 11) is -3.35. The van der Waals surface area contributed by atoms with Crippen LogP contribution >= 0.6 is 0 Å². The van der Waals surface area contributed by atoms with E-state index < -0.39 is 21.8 Å². The van der Waals surface area contributed by atoms with E-state index in [1.54, 1.807) is 6.92 Å². The highest BCUT2D eigenvalue weighted by molar-refractivity contribution is 7.90. The van der Waals surface area contributed by atoms with Crippen molar-refractivity contribution in [2.45, 2.75) is 31.8 Å². The summed E-state index contributed by atoms with van der Waals surface area (Å²) in [6.07, 6.45) is 1.75. The number of hydrazine groups is 1. The zero-order valence-electron chi connectivity index (χ0n) is 18.9. The average Bonchev–Trinajstić information content (AvgIpc) is 2.75. The first-order chi connectivity index (χ1) is 15.6. The van der Waals surface area contributed by atoms with E-state index in [9.17, 15) is 18.1 Å². The molecule has 0 saturated heterocycles. The van der Waals surface area contributed by atoms with E-state index in [0.29, 0.717) is 5.75 Å². The minimum absolute atomic E-state index is 0.0174. The van der Waals surface area contributed by atoms with Gasteiger partial charge in [0, 0.05) is 17.9 Å². The first-order valence-electron chi connectivity index (χ1n) is 9.94. The van der Waals surface area contributed by atoms with Crippen molar-refractivity contribution in [3.05, 3.63) is 65.0 Å². The van der Waals surface area contributed by atoms with Gasteiger partial charge in [0.2, 0.25) is 0 Å². The Hall–Kier alpha value is -3.64. The number of sulfone groups is 1. The van der Waals surface area contributed by atoms with Gasteiger partial charge in [-0.25, -0.2) is 8.42 Å². The number of carbonyl (C=O) groups is 1. The largest absolute Gasteiger partial charge is 0.488 e. The number of hydrogen-bond acceptors (Lipinski definition) is 10. The molecule has 2 rings (SSSR count). The maximum absolute atomic E-state index is 12.5. The molecular weight excluding hydrogens is 450 g/mol. The summed E-state index contributed by atoms with van der Waals surface area (Å²) in [5, 5.41) is 5.22. The molecular formula is C21H29N5O6S. The van der Waals surface area contributed by atoms with E-state index in [0.717, 1.165) is 6.26 Å². The van der Waals surface area contributed by atoms with E-state index in [2.05, 4.69) is 15.9 Å². The molecule has 0 aliphatic heterocycles. The third-order valence-corrected chi connectivity index (χ3v) is 4.92. The number of carbonyl (C=O) groups excluding carboxylic acids is 1. The second-order valence-electron chi connectivity index (χ2n) is 6.50. The van der Waals surface area contributed by atoms with Crippen LogP contribution in [-0.4, -0.2) is 33.2 Å². The van der Waals surface area contributed by atoms with Gasteiger partial charge in [-0.1, -0.05) is 19.0 Å². The Balaban J connectivity index is 0.00000265. The van der Waals surface area contributed by atoms with Crippen LogP contribution in [-0.2, 0) is 9.84 Å². The fourth-order valence-electron chi connectivity index (χ4n) is 2.42. The Bertz CT molecular complexity index is 1070. The van der Waals surface area contributed by atoms with Gasteiger partial charge in [-0.15, -0.1) is 0 Å². The molecule has 11 nitrogen and oxygen atoms in total. The van der Waals surface area contributed by atoms with Crippen LogP contribution in [0.25, 0.3) is 0 Å². The van der Waals surface area contributed by atoms with Crippen LogP contribution in [0.1, 0.15) is 31.1 Å². The minimum Gasteiger partial charge on any atom is -0.488 e. The van der Waals surface area contributed by atoms with E-state index >= 15 is 0 Å². The highest BCUT2D eigenvalue weighted by atomic mass is 32.2. The van der Waals surface area contributed by atoms with Crippen molar-refractivity contribution in [2.75, 3.05) is 12.8 Å². The van der Waals surface area contributed by atoms with Gasteiger partial charge in [-0.3, -0.25) is 10.6 Å². The van der Waals surface area contributed by atoms with Crippen molar-refractivity contribution in [3.8, 4) is 17.2 Å². The summed E-state index contributed by atoms with van der Waals surface area (Å²) < 4.78 is 34.6.